The third-order valence-corrected chi connectivity index (χ3v) is 6.61. The van der Waals surface area contributed by atoms with E-state index in [-0.39, 0.29) is 0 Å². The van der Waals surface area contributed by atoms with E-state index in [1.807, 2.05) is 48.7 Å². The van der Waals surface area contributed by atoms with E-state index in [2.05, 4.69) is 20.5 Å². The number of carbonyl (C=O) groups is 1. The van der Waals surface area contributed by atoms with Crippen LogP contribution in [0.3, 0.4) is 0 Å². The number of aromatic nitrogens is 5. The van der Waals surface area contributed by atoms with Crippen molar-refractivity contribution in [3.05, 3.63) is 72.8 Å². The van der Waals surface area contributed by atoms with Gasteiger partial charge in [-0.25, -0.2) is 18.7 Å². The minimum Gasteiger partial charge on any atom is -0.491 e. The molecule has 38 heavy (non-hydrogen) atoms. The summed E-state index contributed by atoms with van der Waals surface area (Å²) in [4.78, 5) is 23.1. The number of halogens is 2. The third kappa shape index (κ3) is 4.21. The highest BCUT2D eigenvalue weighted by molar-refractivity contribution is 6.00. The first kappa shape index (κ1) is 23.6. The topological polar surface area (TPSA) is 101 Å². The standard InChI is InChI=1S/C27H23F2N7O2/c1-35-21-10-18(4-3-17(21)9-22(35)26(37)36-14-27(28,29)15-36)24-30-13-23(38-2)25(34-24)33-20-7-5-16(6-8-20)19-11-31-32-12-19/h3-13H,14-15H2,1-2H3,(H,31,32)(H,30,33,34). The number of ether oxygens (including phenoxy) is 1. The molecule has 5 aromatic rings. The molecule has 0 spiro atoms. The normalized spacial score (nSPS) is 14.4. The van der Waals surface area contributed by atoms with E-state index in [9.17, 15) is 13.6 Å². The minimum absolute atomic E-state index is 0.351. The number of hydrogen-bond acceptors (Lipinski definition) is 6. The van der Waals surface area contributed by atoms with Crippen LogP contribution in [0.4, 0.5) is 20.3 Å². The zero-order chi connectivity index (χ0) is 26.4. The fourth-order valence-electron chi connectivity index (χ4n) is 4.53. The summed E-state index contributed by atoms with van der Waals surface area (Å²) in [6, 6.07) is 15.1. The average Bonchev–Trinajstić information content (AvgIpc) is 3.56. The summed E-state index contributed by atoms with van der Waals surface area (Å²) in [7, 11) is 3.29. The predicted octanol–water partition coefficient (Wildman–Crippen LogP) is 4.87. The Morgan fingerprint density at radius 1 is 1.05 bits per heavy atom. The maximum absolute atomic E-state index is 13.3. The molecule has 192 valence electrons. The second kappa shape index (κ2) is 8.94. The van der Waals surface area contributed by atoms with Crippen LogP contribution in [0, 0.1) is 0 Å². The fourth-order valence-corrected chi connectivity index (χ4v) is 4.53. The van der Waals surface area contributed by atoms with Crippen molar-refractivity contribution in [3.8, 4) is 28.3 Å². The summed E-state index contributed by atoms with van der Waals surface area (Å²) in [5.41, 5.74) is 4.68. The molecule has 3 aromatic heterocycles. The van der Waals surface area contributed by atoms with E-state index in [1.54, 1.807) is 37.2 Å². The Morgan fingerprint density at radius 2 is 1.82 bits per heavy atom. The Bertz CT molecular complexity index is 1640. The van der Waals surface area contributed by atoms with E-state index in [0.717, 1.165) is 38.2 Å². The molecule has 0 saturated carbocycles. The Kier molecular flexibility index (Phi) is 5.55. The van der Waals surface area contributed by atoms with Crippen LogP contribution in [0.15, 0.2) is 67.1 Å². The molecular formula is C27H23F2N7O2. The van der Waals surface area contributed by atoms with Gasteiger partial charge < -0.3 is 19.5 Å². The number of nitrogens with zero attached hydrogens (tertiary/aromatic N) is 5. The molecule has 0 aliphatic carbocycles. The number of carbonyl (C=O) groups excluding carboxylic acids is 1. The monoisotopic (exact) mass is 515 g/mol. The van der Waals surface area contributed by atoms with Crippen molar-refractivity contribution < 1.29 is 18.3 Å². The summed E-state index contributed by atoms with van der Waals surface area (Å²) < 4.78 is 33.7. The lowest BCUT2D eigenvalue weighted by atomic mass is 10.1. The highest BCUT2D eigenvalue weighted by Gasteiger charge is 2.46. The van der Waals surface area contributed by atoms with Crippen LogP contribution in [-0.4, -0.2) is 61.7 Å². The van der Waals surface area contributed by atoms with Crippen LogP contribution in [0.1, 0.15) is 10.5 Å². The lowest BCUT2D eigenvalue weighted by molar-refractivity contribution is -0.113. The van der Waals surface area contributed by atoms with Gasteiger partial charge in [0.2, 0.25) is 0 Å². The third-order valence-electron chi connectivity index (χ3n) is 6.61. The first-order chi connectivity index (χ1) is 18.3. The molecule has 0 bridgehead atoms. The Balaban J connectivity index is 1.28. The molecule has 0 atom stereocenters. The average molecular weight is 516 g/mol. The second-order valence-electron chi connectivity index (χ2n) is 9.18. The molecule has 11 heteroatoms. The summed E-state index contributed by atoms with van der Waals surface area (Å²) in [5, 5.41) is 10.9. The van der Waals surface area contributed by atoms with Crippen LogP contribution in [0.25, 0.3) is 33.4 Å². The van der Waals surface area contributed by atoms with Gasteiger partial charge in [-0.15, -0.1) is 0 Å². The number of likely N-dealkylation sites (tertiary alicyclic amines) is 1. The largest absolute Gasteiger partial charge is 0.491 e. The van der Waals surface area contributed by atoms with E-state index in [0.29, 0.717) is 23.1 Å². The number of hydrogen-bond donors (Lipinski definition) is 2. The Hall–Kier alpha value is -4.80. The molecular weight excluding hydrogens is 492 g/mol. The van der Waals surface area contributed by atoms with Gasteiger partial charge >= 0.3 is 0 Å². The Morgan fingerprint density at radius 3 is 2.50 bits per heavy atom. The van der Waals surface area contributed by atoms with E-state index < -0.39 is 24.9 Å². The van der Waals surface area contributed by atoms with E-state index >= 15 is 0 Å². The first-order valence-corrected chi connectivity index (χ1v) is 11.9. The highest BCUT2D eigenvalue weighted by atomic mass is 19.3. The fraction of sp³-hybridized carbons (Fsp3) is 0.185. The van der Waals surface area contributed by atoms with Gasteiger partial charge in [0.1, 0.15) is 5.69 Å². The molecule has 0 radical (unpaired) electrons. The predicted molar refractivity (Wildman–Crippen MR) is 139 cm³/mol. The highest BCUT2D eigenvalue weighted by Crippen LogP contribution is 2.32. The summed E-state index contributed by atoms with van der Waals surface area (Å²) in [6.45, 7) is -1.11. The maximum Gasteiger partial charge on any atom is 0.282 e. The molecule has 1 saturated heterocycles. The number of anilines is 2. The Labute approximate surface area is 216 Å². The van der Waals surface area contributed by atoms with Gasteiger partial charge in [0.25, 0.3) is 11.8 Å². The first-order valence-electron chi connectivity index (χ1n) is 11.9. The van der Waals surface area contributed by atoms with E-state index in [4.69, 9.17) is 9.72 Å². The van der Waals surface area contributed by atoms with Crippen LogP contribution in [-0.2, 0) is 7.05 Å². The van der Waals surface area contributed by atoms with Crippen molar-refractivity contribution in [1.82, 2.24) is 29.6 Å². The number of aromatic amines is 1. The molecule has 9 nitrogen and oxygen atoms in total. The van der Waals surface area contributed by atoms with Crippen LogP contribution in [0.2, 0.25) is 0 Å². The smallest absolute Gasteiger partial charge is 0.282 e. The van der Waals surface area contributed by atoms with Gasteiger partial charge in [-0.2, -0.15) is 5.10 Å². The summed E-state index contributed by atoms with van der Waals surface area (Å²) >= 11 is 0. The lowest BCUT2D eigenvalue weighted by Crippen LogP contribution is -2.58. The number of alkyl halides is 2. The van der Waals surface area contributed by atoms with Crippen molar-refractivity contribution in [2.45, 2.75) is 5.92 Å². The minimum atomic E-state index is -2.81. The number of methoxy groups -OCH3 is 1. The zero-order valence-corrected chi connectivity index (χ0v) is 20.6. The van der Waals surface area contributed by atoms with Crippen molar-refractivity contribution in [3.63, 3.8) is 0 Å². The SMILES string of the molecule is COc1cnc(-c2ccc3cc(C(=O)N4CC(F)(F)C4)n(C)c3c2)nc1Nc1ccc(-c2cn[nH]c2)cc1. The summed E-state index contributed by atoms with van der Waals surface area (Å²) in [5.74, 6) is -1.79. The molecule has 4 heterocycles. The molecule has 2 aromatic carbocycles. The van der Waals surface area contributed by atoms with Crippen molar-refractivity contribution >= 4 is 28.3 Å². The molecule has 1 fully saturated rings. The molecule has 2 N–H and O–H groups in total. The maximum atomic E-state index is 13.3. The van der Waals surface area contributed by atoms with Gasteiger partial charge in [-0.05, 0) is 29.8 Å². The van der Waals surface area contributed by atoms with E-state index in [1.165, 1.54) is 0 Å². The number of rotatable bonds is 6. The number of amides is 1. The van der Waals surface area contributed by atoms with Gasteiger partial charge in [-0.3, -0.25) is 9.89 Å². The number of nitrogens with one attached hydrogen (secondary N) is 2. The summed E-state index contributed by atoms with van der Waals surface area (Å²) in [6.07, 6.45) is 5.18. The molecule has 1 aliphatic heterocycles. The number of fused-ring (bicyclic) bond motifs is 1. The van der Waals surface area contributed by atoms with Crippen molar-refractivity contribution in [1.29, 1.82) is 0 Å². The van der Waals surface area contributed by atoms with Crippen LogP contribution >= 0.6 is 0 Å². The molecule has 6 rings (SSSR count). The van der Waals surface area contributed by atoms with Crippen LogP contribution in [0.5, 0.6) is 5.75 Å². The van der Waals surface area contributed by atoms with Gasteiger partial charge in [0.15, 0.2) is 17.4 Å². The van der Waals surface area contributed by atoms with Crippen molar-refractivity contribution in [2.75, 3.05) is 25.5 Å². The van der Waals surface area contributed by atoms with Crippen molar-refractivity contribution in [2.24, 2.45) is 7.05 Å². The number of H-pyrrole nitrogens is 1. The van der Waals surface area contributed by atoms with Gasteiger partial charge in [0.05, 0.1) is 32.6 Å². The molecule has 0 unspecified atom stereocenters. The van der Waals surface area contributed by atoms with Gasteiger partial charge in [-0.1, -0.05) is 24.3 Å². The number of benzene rings is 2. The molecule has 1 aliphatic rings. The number of aryl methyl sites for hydroxylation is 1. The molecule has 1 amide bonds. The lowest BCUT2D eigenvalue weighted by Gasteiger charge is -2.38. The van der Waals surface area contributed by atoms with Gasteiger partial charge in [0, 0.05) is 41.0 Å². The second-order valence-corrected chi connectivity index (χ2v) is 9.18. The zero-order valence-electron chi connectivity index (χ0n) is 20.6. The quantitative estimate of drug-likeness (QED) is 0.335. The van der Waals surface area contributed by atoms with Crippen LogP contribution < -0.4 is 10.1 Å².